The van der Waals surface area contributed by atoms with Crippen LogP contribution in [0.5, 0.6) is 11.5 Å². The molecule has 114 valence electrons. The van der Waals surface area contributed by atoms with Crippen LogP contribution in [0.1, 0.15) is 5.56 Å². The quantitative estimate of drug-likeness (QED) is 0.933. The Morgan fingerprint density at radius 1 is 1.18 bits per heavy atom. The number of hydrogen-bond donors (Lipinski definition) is 1. The number of para-hydroxylation sites is 2. The number of ether oxygens (including phenoxy) is 2. The van der Waals surface area contributed by atoms with E-state index < -0.39 is 6.10 Å². The highest BCUT2D eigenvalue weighted by molar-refractivity contribution is 6.35. The summed E-state index contributed by atoms with van der Waals surface area (Å²) in [5.41, 5.74) is 0.788. The first-order valence-corrected chi connectivity index (χ1v) is 7.49. The van der Waals surface area contributed by atoms with Crippen LogP contribution in [0.15, 0.2) is 42.5 Å². The van der Waals surface area contributed by atoms with Crippen molar-refractivity contribution in [1.29, 1.82) is 0 Å². The molecule has 0 unspecified atom stereocenters. The normalized spacial score (nSPS) is 16.2. The Hall–Kier alpha value is -1.91. The molecule has 22 heavy (non-hydrogen) atoms. The third-order valence-corrected chi connectivity index (χ3v) is 3.86. The zero-order valence-corrected chi connectivity index (χ0v) is 13.0. The Morgan fingerprint density at radius 3 is 2.73 bits per heavy atom. The summed E-state index contributed by atoms with van der Waals surface area (Å²) in [6.07, 6.45) is -0.680. The first kappa shape index (κ1) is 15.0. The molecule has 1 aliphatic rings. The van der Waals surface area contributed by atoms with Gasteiger partial charge in [0.15, 0.2) is 11.5 Å². The van der Waals surface area contributed by atoms with Crippen LogP contribution < -0.4 is 14.8 Å². The van der Waals surface area contributed by atoms with E-state index in [9.17, 15) is 4.79 Å². The zero-order chi connectivity index (χ0) is 15.5. The van der Waals surface area contributed by atoms with Crippen LogP contribution in [0, 0.1) is 0 Å². The van der Waals surface area contributed by atoms with Gasteiger partial charge in [0.1, 0.15) is 6.61 Å². The molecule has 1 atom stereocenters. The number of fused-ring (bicyclic) bond motifs is 1. The van der Waals surface area contributed by atoms with E-state index in [1.165, 1.54) is 0 Å². The predicted molar refractivity (Wildman–Crippen MR) is 84.7 cm³/mol. The zero-order valence-electron chi connectivity index (χ0n) is 11.5. The Morgan fingerprint density at radius 2 is 1.95 bits per heavy atom. The second kappa shape index (κ2) is 6.46. The lowest BCUT2D eigenvalue weighted by atomic mass is 10.2. The van der Waals surface area contributed by atoms with E-state index in [0.29, 0.717) is 28.1 Å². The lowest BCUT2D eigenvalue weighted by Gasteiger charge is -2.25. The Bertz CT molecular complexity index is 706. The van der Waals surface area contributed by atoms with Gasteiger partial charge in [-0.15, -0.1) is 0 Å². The summed E-state index contributed by atoms with van der Waals surface area (Å²) >= 11 is 11.9. The first-order chi connectivity index (χ1) is 10.6. The van der Waals surface area contributed by atoms with Crippen LogP contribution in [0.4, 0.5) is 0 Å². The molecule has 0 aliphatic carbocycles. The van der Waals surface area contributed by atoms with Crippen LogP contribution in [-0.2, 0) is 11.3 Å². The maximum absolute atomic E-state index is 12.2. The average Bonchev–Trinajstić information content (AvgIpc) is 2.53. The molecule has 1 aliphatic heterocycles. The minimum absolute atomic E-state index is 0.178. The van der Waals surface area contributed by atoms with Crippen LogP contribution in [-0.4, -0.2) is 18.6 Å². The monoisotopic (exact) mass is 337 g/mol. The summed E-state index contributed by atoms with van der Waals surface area (Å²) in [4.78, 5) is 12.2. The Kier molecular flexibility index (Phi) is 4.41. The van der Waals surface area contributed by atoms with Crippen molar-refractivity contribution in [1.82, 2.24) is 5.32 Å². The molecule has 0 spiro atoms. The van der Waals surface area contributed by atoms with Crippen molar-refractivity contribution in [2.75, 3.05) is 6.61 Å². The molecule has 0 aromatic heterocycles. The molecule has 1 heterocycles. The minimum Gasteiger partial charge on any atom is -0.485 e. The molecule has 2 aromatic rings. The average molecular weight is 338 g/mol. The fourth-order valence-electron chi connectivity index (χ4n) is 2.11. The molecule has 1 N–H and O–H groups in total. The van der Waals surface area contributed by atoms with Crippen molar-refractivity contribution in [2.24, 2.45) is 0 Å². The highest BCUT2D eigenvalue weighted by atomic mass is 35.5. The van der Waals surface area contributed by atoms with Gasteiger partial charge in [0.05, 0.1) is 0 Å². The summed E-state index contributed by atoms with van der Waals surface area (Å²) < 4.78 is 11.2. The minimum atomic E-state index is -0.680. The van der Waals surface area contributed by atoms with Crippen LogP contribution in [0.25, 0.3) is 0 Å². The summed E-state index contributed by atoms with van der Waals surface area (Å²) in [6, 6.07) is 12.4. The summed E-state index contributed by atoms with van der Waals surface area (Å²) in [6.45, 7) is 0.480. The number of hydrogen-bond acceptors (Lipinski definition) is 3. The smallest absolute Gasteiger partial charge is 0.264 e. The molecule has 0 bridgehead atoms. The number of carbonyl (C=O) groups is 1. The first-order valence-electron chi connectivity index (χ1n) is 6.73. The van der Waals surface area contributed by atoms with Crippen molar-refractivity contribution in [3.8, 4) is 11.5 Å². The van der Waals surface area contributed by atoms with Crippen LogP contribution in [0.3, 0.4) is 0 Å². The standard InChI is InChI=1S/C16H13Cl2NO3/c17-11-6-5-10(12(18)7-11)8-19-16(20)15-9-21-13-3-1-2-4-14(13)22-15/h1-7,15H,8-9H2,(H,19,20)/t15-/m1/s1. The molecule has 6 heteroatoms. The van der Waals surface area contributed by atoms with Gasteiger partial charge in [-0.3, -0.25) is 4.79 Å². The van der Waals surface area contributed by atoms with Gasteiger partial charge in [-0.05, 0) is 29.8 Å². The Labute approximate surface area is 137 Å². The van der Waals surface area contributed by atoms with E-state index in [1.807, 2.05) is 12.1 Å². The number of amides is 1. The molecule has 3 rings (SSSR count). The number of rotatable bonds is 3. The lowest BCUT2D eigenvalue weighted by Crippen LogP contribution is -2.43. The number of carbonyl (C=O) groups excluding carboxylic acids is 1. The largest absolute Gasteiger partial charge is 0.485 e. The molecule has 1 amide bonds. The molecule has 4 nitrogen and oxygen atoms in total. The van der Waals surface area contributed by atoms with Gasteiger partial charge in [-0.1, -0.05) is 41.4 Å². The second-order valence-corrected chi connectivity index (χ2v) is 5.66. The molecule has 0 saturated heterocycles. The van der Waals surface area contributed by atoms with Crippen LogP contribution in [0.2, 0.25) is 10.0 Å². The third kappa shape index (κ3) is 3.29. The van der Waals surface area contributed by atoms with Crippen molar-refractivity contribution < 1.29 is 14.3 Å². The van der Waals surface area contributed by atoms with Gasteiger partial charge < -0.3 is 14.8 Å². The maximum Gasteiger partial charge on any atom is 0.264 e. The third-order valence-electron chi connectivity index (χ3n) is 3.27. The topological polar surface area (TPSA) is 47.6 Å². The van der Waals surface area contributed by atoms with Gasteiger partial charge >= 0.3 is 0 Å². The van der Waals surface area contributed by atoms with Crippen molar-refractivity contribution in [3.05, 3.63) is 58.1 Å². The maximum atomic E-state index is 12.2. The van der Waals surface area contributed by atoms with Gasteiger partial charge in [0, 0.05) is 16.6 Å². The summed E-state index contributed by atoms with van der Waals surface area (Å²) in [5, 5.41) is 3.86. The van der Waals surface area contributed by atoms with Gasteiger partial charge in [-0.2, -0.15) is 0 Å². The summed E-state index contributed by atoms with van der Waals surface area (Å²) in [5.74, 6) is 0.964. The predicted octanol–water partition coefficient (Wildman–Crippen LogP) is 3.45. The van der Waals surface area contributed by atoms with Crippen LogP contribution >= 0.6 is 23.2 Å². The van der Waals surface area contributed by atoms with Crippen molar-refractivity contribution in [2.45, 2.75) is 12.6 Å². The number of halogens is 2. The molecular weight excluding hydrogens is 325 g/mol. The van der Waals surface area contributed by atoms with Gasteiger partial charge in [0.25, 0.3) is 5.91 Å². The van der Waals surface area contributed by atoms with E-state index in [1.54, 1.807) is 30.3 Å². The molecule has 0 fully saturated rings. The van der Waals surface area contributed by atoms with Crippen molar-refractivity contribution in [3.63, 3.8) is 0 Å². The lowest BCUT2D eigenvalue weighted by molar-refractivity contribution is -0.130. The summed E-state index contributed by atoms with van der Waals surface area (Å²) in [7, 11) is 0. The fourth-order valence-corrected chi connectivity index (χ4v) is 2.59. The Balaban J connectivity index is 1.61. The second-order valence-electron chi connectivity index (χ2n) is 4.82. The van der Waals surface area contributed by atoms with Gasteiger partial charge in [-0.25, -0.2) is 0 Å². The molecule has 0 radical (unpaired) electrons. The molecule has 0 saturated carbocycles. The SMILES string of the molecule is O=C(NCc1ccc(Cl)cc1Cl)[C@H]1COc2ccccc2O1. The van der Waals surface area contributed by atoms with E-state index in [-0.39, 0.29) is 12.5 Å². The van der Waals surface area contributed by atoms with Crippen molar-refractivity contribution >= 4 is 29.1 Å². The van der Waals surface area contributed by atoms with E-state index in [2.05, 4.69) is 5.32 Å². The highest BCUT2D eigenvalue weighted by Gasteiger charge is 2.27. The molecule has 2 aromatic carbocycles. The fraction of sp³-hybridized carbons (Fsp3) is 0.188. The molecular formula is C16H13Cl2NO3. The van der Waals surface area contributed by atoms with E-state index in [0.717, 1.165) is 5.56 Å². The number of benzene rings is 2. The van der Waals surface area contributed by atoms with E-state index >= 15 is 0 Å². The van der Waals surface area contributed by atoms with E-state index in [4.69, 9.17) is 32.7 Å². The number of nitrogens with one attached hydrogen (secondary N) is 1. The van der Waals surface area contributed by atoms with Gasteiger partial charge in [0.2, 0.25) is 6.10 Å². The highest BCUT2D eigenvalue weighted by Crippen LogP contribution is 2.30.